The fourth-order valence-corrected chi connectivity index (χ4v) is 4.12. The van der Waals surface area contributed by atoms with Crippen LogP contribution < -0.4 is 9.47 Å². The Morgan fingerprint density at radius 3 is 2.35 bits per heavy atom. The van der Waals surface area contributed by atoms with Gasteiger partial charge in [-0.1, -0.05) is 19.9 Å². The Morgan fingerprint density at radius 2 is 1.83 bits per heavy atom. The topological polar surface area (TPSA) is 42.0 Å². The highest BCUT2D eigenvalue weighted by molar-refractivity contribution is 8.00. The first-order valence-electron chi connectivity index (χ1n) is 8.00. The highest BCUT2D eigenvalue weighted by Crippen LogP contribution is 2.46. The van der Waals surface area contributed by atoms with Gasteiger partial charge in [0.15, 0.2) is 0 Å². The Bertz CT molecular complexity index is 512. The summed E-state index contributed by atoms with van der Waals surface area (Å²) in [6, 6.07) is 5.75. The summed E-state index contributed by atoms with van der Waals surface area (Å²) in [5.41, 5.74) is 0.952. The van der Waals surface area contributed by atoms with Crippen molar-refractivity contribution in [2.45, 2.75) is 19.2 Å². The molecule has 1 aliphatic heterocycles. The molecule has 1 aromatic carbocycles. The fraction of sp³-hybridized carbons (Fsp3) is 0.588. The van der Waals surface area contributed by atoms with Gasteiger partial charge in [-0.3, -0.25) is 4.79 Å². The number of carbonyl (C=O) groups is 1. The molecule has 0 radical (unpaired) electrons. The van der Waals surface area contributed by atoms with Gasteiger partial charge in [0.2, 0.25) is 5.91 Å². The molecule has 23 heavy (non-hydrogen) atoms. The largest absolute Gasteiger partial charge is 0.496 e. The Labute approximate surface area is 142 Å². The van der Waals surface area contributed by atoms with Crippen LogP contribution in [0.3, 0.4) is 0 Å². The Kier molecular flexibility index (Phi) is 6.59. The molecule has 0 spiro atoms. The van der Waals surface area contributed by atoms with Gasteiger partial charge in [-0.15, -0.1) is 11.8 Å². The number of amides is 1. The summed E-state index contributed by atoms with van der Waals surface area (Å²) in [5.74, 6) is 2.22. The van der Waals surface area contributed by atoms with E-state index in [1.54, 1.807) is 26.0 Å². The molecule has 0 bridgehead atoms. The maximum absolute atomic E-state index is 12.4. The Balaban J connectivity index is 2.25. The summed E-state index contributed by atoms with van der Waals surface area (Å²) in [6.07, 6.45) is 0. The Hall–Kier alpha value is -1.40. The fourth-order valence-electron chi connectivity index (χ4n) is 2.85. The van der Waals surface area contributed by atoms with Crippen molar-refractivity contribution < 1.29 is 14.3 Å². The third kappa shape index (κ3) is 3.93. The number of nitrogens with zero attached hydrogens (tertiary/aromatic N) is 2. The molecular formula is C17H26N2O3S. The van der Waals surface area contributed by atoms with Gasteiger partial charge in [0.25, 0.3) is 0 Å². The lowest BCUT2D eigenvalue weighted by atomic mass is 10.1. The minimum absolute atomic E-state index is 0.0517. The second-order valence-electron chi connectivity index (χ2n) is 5.35. The maximum atomic E-state index is 12.4. The van der Waals surface area contributed by atoms with Gasteiger partial charge in [0.05, 0.1) is 25.5 Å². The quantitative estimate of drug-likeness (QED) is 0.729. The maximum Gasteiger partial charge on any atom is 0.233 e. The number of hydrogen-bond acceptors (Lipinski definition) is 5. The van der Waals surface area contributed by atoms with Crippen molar-refractivity contribution in [2.75, 3.05) is 46.2 Å². The number of hydrogen-bond donors (Lipinski definition) is 0. The summed E-state index contributed by atoms with van der Waals surface area (Å²) < 4.78 is 11.0. The lowest BCUT2D eigenvalue weighted by Crippen LogP contribution is -2.37. The minimum Gasteiger partial charge on any atom is -0.496 e. The van der Waals surface area contributed by atoms with E-state index >= 15 is 0 Å². The van der Waals surface area contributed by atoms with Gasteiger partial charge in [-0.05, 0) is 25.2 Å². The van der Waals surface area contributed by atoms with Gasteiger partial charge >= 0.3 is 0 Å². The zero-order valence-corrected chi connectivity index (χ0v) is 15.2. The molecular weight excluding hydrogens is 312 g/mol. The second-order valence-corrected chi connectivity index (χ2v) is 6.42. The van der Waals surface area contributed by atoms with E-state index in [0.717, 1.165) is 43.2 Å². The van der Waals surface area contributed by atoms with Crippen LogP contribution >= 0.6 is 11.8 Å². The summed E-state index contributed by atoms with van der Waals surface area (Å²) in [7, 11) is 3.31. The molecule has 1 unspecified atom stereocenters. The number of ether oxygens (including phenoxy) is 2. The molecule has 0 N–H and O–H groups in total. The van der Waals surface area contributed by atoms with E-state index < -0.39 is 0 Å². The predicted molar refractivity (Wildman–Crippen MR) is 94.2 cm³/mol. The highest BCUT2D eigenvalue weighted by Gasteiger charge is 2.36. The van der Waals surface area contributed by atoms with E-state index in [4.69, 9.17) is 9.47 Å². The van der Waals surface area contributed by atoms with Crippen molar-refractivity contribution in [2.24, 2.45) is 0 Å². The van der Waals surface area contributed by atoms with Gasteiger partial charge in [-0.2, -0.15) is 0 Å². The first kappa shape index (κ1) is 17.9. The lowest BCUT2D eigenvalue weighted by molar-refractivity contribution is -0.128. The van der Waals surface area contributed by atoms with Crippen molar-refractivity contribution in [3.05, 3.63) is 23.8 Å². The van der Waals surface area contributed by atoms with Gasteiger partial charge < -0.3 is 19.3 Å². The smallest absolute Gasteiger partial charge is 0.233 e. The molecule has 0 aromatic heterocycles. The van der Waals surface area contributed by atoms with Crippen LogP contribution in [0.1, 0.15) is 24.8 Å². The molecule has 1 aromatic rings. The molecule has 6 heteroatoms. The lowest BCUT2D eigenvalue weighted by Gasteiger charge is -2.29. The molecule has 5 nitrogen and oxygen atoms in total. The Morgan fingerprint density at radius 1 is 1.22 bits per heavy atom. The van der Waals surface area contributed by atoms with E-state index in [9.17, 15) is 4.79 Å². The van der Waals surface area contributed by atoms with E-state index in [2.05, 4.69) is 18.7 Å². The molecule has 0 saturated carbocycles. The average Bonchev–Trinajstić information content (AvgIpc) is 2.95. The SMILES string of the molecule is CCN(CC)CCN1C(=O)CSC1c1c(OC)cccc1OC. The first-order chi connectivity index (χ1) is 11.2. The molecule has 0 aliphatic carbocycles. The number of rotatable bonds is 8. The number of likely N-dealkylation sites (N-methyl/N-ethyl adjacent to an activating group) is 1. The summed E-state index contributed by atoms with van der Waals surface area (Å²) in [6.45, 7) is 7.88. The van der Waals surface area contributed by atoms with Crippen molar-refractivity contribution in [1.82, 2.24) is 9.80 Å². The van der Waals surface area contributed by atoms with Crippen LogP contribution in [0.4, 0.5) is 0 Å². The van der Waals surface area contributed by atoms with E-state index in [1.807, 2.05) is 23.1 Å². The number of thioether (sulfide) groups is 1. The first-order valence-corrected chi connectivity index (χ1v) is 9.05. The van der Waals surface area contributed by atoms with Crippen LogP contribution in [0.15, 0.2) is 18.2 Å². The predicted octanol–water partition coefficient (Wildman–Crippen LogP) is 2.62. The standard InChI is InChI=1S/C17H26N2O3S/c1-5-18(6-2)10-11-19-15(20)12-23-17(19)16-13(21-3)8-7-9-14(16)22-4/h7-9,17H,5-6,10-12H2,1-4H3. The monoisotopic (exact) mass is 338 g/mol. The molecule has 1 saturated heterocycles. The minimum atomic E-state index is -0.0517. The van der Waals surface area contributed by atoms with E-state index in [1.165, 1.54) is 0 Å². The number of carbonyl (C=O) groups excluding carboxylic acids is 1. The van der Waals surface area contributed by atoms with Crippen LogP contribution in [0.2, 0.25) is 0 Å². The van der Waals surface area contributed by atoms with Crippen LogP contribution in [0.5, 0.6) is 11.5 Å². The van der Waals surface area contributed by atoms with E-state index in [0.29, 0.717) is 5.75 Å². The summed E-state index contributed by atoms with van der Waals surface area (Å²) >= 11 is 1.64. The van der Waals surface area contributed by atoms with Gasteiger partial charge in [-0.25, -0.2) is 0 Å². The van der Waals surface area contributed by atoms with Crippen LogP contribution in [-0.2, 0) is 4.79 Å². The molecule has 1 atom stereocenters. The van der Waals surface area contributed by atoms with Crippen LogP contribution in [0.25, 0.3) is 0 Å². The van der Waals surface area contributed by atoms with Crippen molar-refractivity contribution >= 4 is 17.7 Å². The van der Waals surface area contributed by atoms with E-state index in [-0.39, 0.29) is 11.3 Å². The third-order valence-corrected chi connectivity index (χ3v) is 5.45. The zero-order chi connectivity index (χ0) is 16.8. The molecule has 1 aliphatic rings. The summed E-state index contributed by atoms with van der Waals surface area (Å²) in [4.78, 5) is 16.6. The molecule has 128 valence electrons. The zero-order valence-electron chi connectivity index (χ0n) is 14.4. The molecule has 1 heterocycles. The van der Waals surface area contributed by atoms with Crippen LogP contribution in [-0.4, -0.2) is 61.9 Å². The molecule has 1 amide bonds. The van der Waals surface area contributed by atoms with Crippen molar-refractivity contribution in [3.63, 3.8) is 0 Å². The normalized spacial score (nSPS) is 17.9. The highest BCUT2D eigenvalue weighted by atomic mass is 32.2. The summed E-state index contributed by atoms with van der Waals surface area (Å²) in [5, 5.41) is -0.0517. The molecule has 2 rings (SSSR count). The van der Waals surface area contributed by atoms with Crippen molar-refractivity contribution in [3.8, 4) is 11.5 Å². The average molecular weight is 338 g/mol. The second kappa shape index (κ2) is 8.45. The van der Waals surface area contributed by atoms with Gasteiger partial charge in [0.1, 0.15) is 16.9 Å². The third-order valence-electron chi connectivity index (χ3n) is 4.23. The molecule has 1 fully saturated rings. The number of methoxy groups -OCH3 is 2. The number of benzene rings is 1. The van der Waals surface area contributed by atoms with Crippen molar-refractivity contribution in [1.29, 1.82) is 0 Å². The van der Waals surface area contributed by atoms with Gasteiger partial charge in [0, 0.05) is 13.1 Å². The van der Waals surface area contributed by atoms with Crippen LogP contribution in [0, 0.1) is 0 Å².